The molecule has 432 valence electrons. The Balaban J connectivity index is 2.69. The molecule has 0 saturated carbocycles. The minimum atomic E-state index is -1.91. The summed E-state index contributed by atoms with van der Waals surface area (Å²) in [5.74, 6) is -3.14. The van der Waals surface area contributed by atoms with Gasteiger partial charge in [0.05, 0.1) is 6.61 Å². The molecule has 0 radical (unpaired) electrons. The van der Waals surface area contributed by atoms with Crippen molar-refractivity contribution in [2.75, 3.05) is 13.2 Å². The molecular weight excluding hydrogens is 949 g/mol. The van der Waals surface area contributed by atoms with Gasteiger partial charge in [-0.25, -0.2) is 4.79 Å². The van der Waals surface area contributed by atoms with Gasteiger partial charge in [0.2, 0.25) is 0 Å². The normalized spacial score (nSPS) is 18.5. The summed E-state index contributed by atoms with van der Waals surface area (Å²) >= 11 is 0. The topological polar surface area (TPSA) is 175 Å². The van der Waals surface area contributed by atoms with Crippen molar-refractivity contribution in [2.24, 2.45) is 0 Å². The Hall–Kier alpha value is -3.58. The summed E-state index contributed by atoms with van der Waals surface area (Å²) in [6.45, 7) is 5.88. The van der Waals surface area contributed by atoms with Gasteiger partial charge in [0.15, 0.2) is 24.6 Å². The van der Waals surface area contributed by atoms with Gasteiger partial charge in [-0.3, -0.25) is 14.4 Å². The lowest BCUT2D eigenvalue weighted by molar-refractivity contribution is -0.301. The van der Waals surface area contributed by atoms with Gasteiger partial charge in [-0.15, -0.1) is 0 Å². The summed E-state index contributed by atoms with van der Waals surface area (Å²) < 4.78 is 28.4. The fourth-order valence-corrected chi connectivity index (χ4v) is 8.98. The van der Waals surface area contributed by atoms with E-state index in [0.717, 1.165) is 89.9 Å². The summed E-state index contributed by atoms with van der Waals surface area (Å²) in [6.07, 6.45) is 50.4. The number of hydrogen-bond acceptors (Lipinski definition) is 11. The van der Waals surface area contributed by atoms with Gasteiger partial charge < -0.3 is 39.0 Å². The van der Waals surface area contributed by atoms with Gasteiger partial charge >= 0.3 is 23.9 Å². The van der Waals surface area contributed by atoms with Gasteiger partial charge in [0, 0.05) is 19.3 Å². The molecule has 0 bridgehead atoms. The van der Waals surface area contributed by atoms with Gasteiger partial charge in [-0.2, -0.15) is 0 Å². The second kappa shape index (κ2) is 51.2. The van der Waals surface area contributed by atoms with Gasteiger partial charge in [0.25, 0.3) is 0 Å². The number of ether oxygens (including phenoxy) is 5. The standard InChI is InChI=1S/C63H108O12/c1-4-7-10-13-16-19-22-25-26-27-28-29-30-33-36-39-42-45-48-51-57(66)74-61-59(68)58(67)60(62(69)70)75-63(61)72-53-54(73-56(65)50-47-44-41-38-35-32-24-21-18-15-12-9-6-3)52-71-55(64)49-46-43-40-37-34-31-23-20-17-14-11-8-5-2/h7,10,16,19,25-26,28-29,33,36,54,58-61,63,67-68H,4-6,8-9,11-15,17-18,20-24,27,30-32,34-35,37-53H2,1-3H3,(H,69,70)/b10-7-,19-16-,26-25-,29-28-,36-33-. The molecule has 0 aromatic rings. The molecular formula is C63H108O12. The van der Waals surface area contributed by atoms with Gasteiger partial charge in [-0.1, -0.05) is 242 Å². The molecule has 1 heterocycles. The van der Waals surface area contributed by atoms with Crippen molar-refractivity contribution >= 4 is 23.9 Å². The summed E-state index contributed by atoms with van der Waals surface area (Å²) in [6, 6.07) is 0. The Bertz CT molecular complexity index is 1540. The maximum atomic E-state index is 13.1. The van der Waals surface area contributed by atoms with Crippen LogP contribution < -0.4 is 0 Å². The molecule has 0 spiro atoms. The zero-order valence-electron chi connectivity index (χ0n) is 47.5. The fourth-order valence-electron chi connectivity index (χ4n) is 8.98. The number of aliphatic hydroxyl groups excluding tert-OH is 2. The smallest absolute Gasteiger partial charge is 0.335 e. The van der Waals surface area contributed by atoms with E-state index in [1.165, 1.54) is 116 Å². The van der Waals surface area contributed by atoms with E-state index < -0.39 is 67.3 Å². The van der Waals surface area contributed by atoms with Gasteiger partial charge in [-0.05, 0) is 64.2 Å². The van der Waals surface area contributed by atoms with Crippen molar-refractivity contribution in [2.45, 2.75) is 302 Å². The Kier molecular flexibility index (Phi) is 47.4. The van der Waals surface area contributed by atoms with Crippen LogP contribution in [0.4, 0.5) is 0 Å². The van der Waals surface area contributed by atoms with Crippen LogP contribution in [0, 0.1) is 0 Å². The highest BCUT2D eigenvalue weighted by Crippen LogP contribution is 2.26. The molecule has 0 aromatic heterocycles. The molecule has 12 heteroatoms. The van der Waals surface area contributed by atoms with Crippen molar-refractivity contribution in [3.8, 4) is 0 Å². The summed E-state index contributed by atoms with van der Waals surface area (Å²) in [5.41, 5.74) is 0. The Morgan fingerprint density at radius 1 is 0.453 bits per heavy atom. The Morgan fingerprint density at radius 2 is 0.840 bits per heavy atom. The lowest BCUT2D eigenvalue weighted by Crippen LogP contribution is -2.61. The van der Waals surface area contributed by atoms with Crippen LogP contribution in [0.15, 0.2) is 60.8 Å². The first kappa shape index (κ1) is 69.4. The summed E-state index contributed by atoms with van der Waals surface area (Å²) in [7, 11) is 0. The molecule has 1 aliphatic heterocycles. The molecule has 1 saturated heterocycles. The first-order chi connectivity index (χ1) is 36.6. The minimum absolute atomic E-state index is 0.0225. The number of aliphatic hydroxyl groups is 2. The van der Waals surface area contributed by atoms with Crippen molar-refractivity contribution in [1.82, 2.24) is 0 Å². The molecule has 75 heavy (non-hydrogen) atoms. The van der Waals surface area contributed by atoms with Crippen LogP contribution in [0.25, 0.3) is 0 Å². The number of carbonyl (C=O) groups is 4. The maximum Gasteiger partial charge on any atom is 0.335 e. The van der Waals surface area contributed by atoms with Crippen molar-refractivity contribution in [1.29, 1.82) is 0 Å². The number of carboxylic acid groups (broad SMARTS) is 1. The number of allylic oxidation sites excluding steroid dienone is 10. The van der Waals surface area contributed by atoms with E-state index in [1.807, 2.05) is 0 Å². The number of esters is 3. The van der Waals surface area contributed by atoms with Crippen LogP contribution in [-0.2, 0) is 42.9 Å². The number of hydrogen-bond donors (Lipinski definition) is 3. The quantitative estimate of drug-likeness (QED) is 0.0228. The predicted octanol–water partition coefficient (Wildman–Crippen LogP) is 15.6. The summed E-state index contributed by atoms with van der Waals surface area (Å²) in [5, 5.41) is 31.5. The van der Waals surface area contributed by atoms with E-state index in [9.17, 15) is 34.5 Å². The third-order valence-electron chi connectivity index (χ3n) is 13.6. The number of carbonyl (C=O) groups excluding carboxylic acids is 3. The highest BCUT2D eigenvalue weighted by Gasteiger charge is 2.50. The number of unbranched alkanes of at least 4 members (excludes halogenated alkanes) is 27. The molecule has 1 fully saturated rings. The molecule has 0 amide bonds. The molecule has 0 aromatic carbocycles. The van der Waals surface area contributed by atoms with E-state index in [4.69, 9.17) is 23.7 Å². The van der Waals surface area contributed by atoms with E-state index >= 15 is 0 Å². The van der Waals surface area contributed by atoms with Crippen LogP contribution in [0.2, 0.25) is 0 Å². The van der Waals surface area contributed by atoms with Crippen molar-refractivity contribution in [3.63, 3.8) is 0 Å². The third-order valence-corrected chi connectivity index (χ3v) is 13.6. The predicted molar refractivity (Wildman–Crippen MR) is 303 cm³/mol. The van der Waals surface area contributed by atoms with Crippen LogP contribution in [0.3, 0.4) is 0 Å². The molecule has 1 rings (SSSR count). The maximum absolute atomic E-state index is 13.1. The van der Waals surface area contributed by atoms with E-state index in [2.05, 4.69) is 81.5 Å². The average molecular weight is 1060 g/mol. The first-order valence-corrected chi connectivity index (χ1v) is 30.3. The van der Waals surface area contributed by atoms with Gasteiger partial charge in [0.1, 0.15) is 18.8 Å². The number of carboxylic acids is 1. The third kappa shape index (κ3) is 41.2. The van der Waals surface area contributed by atoms with Crippen LogP contribution in [0.5, 0.6) is 0 Å². The molecule has 1 aliphatic rings. The fraction of sp³-hybridized carbons (Fsp3) is 0.778. The highest BCUT2D eigenvalue weighted by molar-refractivity contribution is 5.74. The number of rotatable bonds is 51. The van der Waals surface area contributed by atoms with E-state index in [0.29, 0.717) is 19.3 Å². The second-order valence-electron chi connectivity index (χ2n) is 20.6. The first-order valence-electron chi connectivity index (χ1n) is 30.3. The summed E-state index contributed by atoms with van der Waals surface area (Å²) in [4.78, 5) is 51.1. The lowest BCUT2D eigenvalue weighted by atomic mass is 9.98. The van der Waals surface area contributed by atoms with Crippen LogP contribution in [-0.4, -0.2) is 89.2 Å². The second-order valence-corrected chi connectivity index (χ2v) is 20.6. The molecule has 3 N–H and O–H groups in total. The van der Waals surface area contributed by atoms with Crippen LogP contribution >= 0.6 is 0 Å². The van der Waals surface area contributed by atoms with Crippen LogP contribution in [0.1, 0.15) is 265 Å². The van der Waals surface area contributed by atoms with E-state index in [-0.39, 0.29) is 25.9 Å². The zero-order chi connectivity index (χ0) is 54.7. The Labute approximate surface area is 456 Å². The van der Waals surface area contributed by atoms with Crippen molar-refractivity contribution < 1.29 is 58.2 Å². The monoisotopic (exact) mass is 1060 g/mol. The molecule has 0 aliphatic carbocycles. The molecule has 12 nitrogen and oxygen atoms in total. The zero-order valence-corrected chi connectivity index (χ0v) is 47.5. The van der Waals surface area contributed by atoms with Crippen molar-refractivity contribution in [3.05, 3.63) is 60.8 Å². The highest BCUT2D eigenvalue weighted by atomic mass is 16.7. The molecule has 6 unspecified atom stereocenters. The minimum Gasteiger partial charge on any atom is -0.479 e. The Morgan fingerprint density at radius 3 is 1.28 bits per heavy atom. The van der Waals surface area contributed by atoms with E-state index in [1.54, 1.807) is 0 Å². The largest absolute Gasteiger partial charge is 0.479 e. The lowest BCUT2D eigenvalue weighted by Gasteiger charge is -2.40. The average Bonchev–Trinajstić information content (AvgIpc) is 3.39. The molecule has 6 atom stereocenters. The number of aliphatic carboxylic acids is 1. The SMILES string of the molecule is CC/C=C\C/C=C\C/C=C\C/C=C\C/C=C\CCCCCC(=O)OC1C(OCC(COC(=O)CCCCCCCCCCCCCCC)OC(=O)CCCCCCCCCCCCCCC)OC(C(=O)O)C(O)C1O.